The van der Waals surface area contributed by atoms with Crippen LogP contribution < -0.4 is 5.32 Å². The number of nitrogens with one attached hydrogen (secondary N) is 1. The van der Waals surface area contributed by atoms with E-state index >= 15 is 0 Å². The summed E-state index contributed by atoms with van der Waals surface area (Å²) in [6.45, 7) is 2.93. The minimum atomic E-state index is -3.55. The van der Waals surface area contributed by atoms with Gasteiger partial charge in [-0.15, -0.1) is 0 Å². The molecule has 0 atom stereocenters. The summed E-state index contributed by atoms with van der Waals surface area (Å²) in [5.41, 5.74) is 0. The second-order valence-corrected chi connectivity index (χ2v) is 7.22. The van der Waals surface area contributed by atoms with E-state index in [0.717, 1.165) is 12.8 Å². The molecule has 0 radical (unpaired) electrons. The van der Waals surface area contributed by atoms with E-state index in [2.05, 4.69) is 5.32 Å². The lowest BCUT2D eigenvalue weighted by atomic mass is 9.98. The number of piperidine rings is 1. The predicted molar refractivity (Wildman–Crippen MR) is 78.3 cm³/mol. The average molecular weight is 312 g/mol. The van der Waals surface area contributed by atoms with Crippen molar-refractivity contribution in [1.82, 2.24) is 9.62 Å². The zero-order valence-electron chi connectivity index (χ0n) is 11.9. The monoisotopic (exact) mass is 312 g/mol. The number of amides is 1. The van der Waals surface area contributed by atoms with Crippen LogP contribution in [0.25, 0.3) is 0 Å². The van der Waals surface area contributed by atoms with Crippen molar-refractivity contribution >= 4 is 15.9 Å². The van der Waals surface area contributed by atoms with E-state index in [1.165, 1.54) is 35.5 Å². The van der Waals surface area contributed by atoms with Gasteiger partial charge in [0.05, 0.1) is 4.90 Å². The van der Waals surface area contributed by atoms with E-state index in [1.807, 2.05) is 0 Å². The number of carbonyl (C=O) groups excluding carboxylic acids is 1. The predicted octanol–water partition coefficient (Wildman–Crippen LogP) is 0.929. The van der Waals surface area contributed by atoms with Gasteiger partial charge in [0.2, 0.25) is 15.9 Å². The normalized spacial score (nSPS) is 17.6. The maximum absolute atomic E-state index is 12.5. The molecule has 0 aliphatic carbocycles. The van der Waals surface area contributed by atoms with Gasteiger partial charge in [-0.05, 0) is 37.0 Å². The van der Waals surface area contributed by atoms with Gasteiger partial charge in [0.1, 0.15) is 5.75 Å². The molecule has 0 aromatic heterocycles. The molecule has 1 heterocycles. The molecule has 1 aliphatic heterocycles. The Kier molecular flexibility index (Phi) is 4.84. The van der Waals surface area contributed by atoms with E-state index in [0.29, 0.717) is 25.6 Å². The molecular weight excluding hydrogens is 292 g/mol. The summed E-state index contributed by atoms with van der Waals surface area (Å²) in [5.74, 6) is 0.186. The zero-order chi connectivity index (χ0) is 15.5. The third-order valence-corrected chi connectivity index (χ3v) is 5.56. The SMILES string of the molecule is CC(=O)NCC1CCN(S(=O)(=O)c2cccc(O)c2)CC1. The van der Waals surface area contributed by atoms with E-state index in [-0.39, 0.29) is 16.6 Å². The van der Waals surface area contributed by atoms with Crippen molar-refractivity contribution in [2.45, 2.75) is 24.7 Å². The molecule has 1 amide bonds. The van der Waals surface area contributed by atoms with E-state index in [9.17, 15) is 18.3 Å². The van der Waals surface area contributed by atoms with Gasteiger partial charge in [0, 0.05) is 26.6 Å². The maximum Gasteiger partial charge on any atom is 0.243 e. The molecular formula is C14H20N2O4S. The van der Waals surface area contributed by atoms with Crippen molar-refractivity contribution in [3.8, 4) is 5.75 Å². The van der Waals surface area contributed by atoms with Crippen molar-refractivity contribution in [2.24, 2.45) is 5.92 Å². The van der Waals surface area contributed by atoms with Gasteiger partial charge in [-0.2, -0.15) is 4.31 Å². The second kappa shape index (κ2) is 6.44. The second-order valence-electron chi connectivity index (χ2n) is 5.28. The van der Waals surface area contributed by atoms with Crippen LogP contribution in [0.2, 0.25) is 0 Å². The van der Waals surface area contributed by atoms with Crippen LogP contribution in [0.15, 0.2) is 29.2 Å². The smallest absolute Gasteiger partial charge is 0.243 e. The number of hydrogen-bond donors (Lipinski definition) is 2. The number of nitrogens with zero attached hydrogens (tertiary/aromatic N) is 1. The molecule has 6 nitrogen and oxygen atoms in total. The molecule has 1 aliphatic rings. The first-order chi connectivity index (χ1) is 9.89. The lowest BCUT2D eigenvalue weighted by Crippen LogP contribution is -2.41. The third-order valence-electron chi connectivity index (χ3n) is 3.67. The fourth-order valence-electron chi connectivity index (χ4n) is 2.43. The molecule has 1 saturated heterocycles. The van der Waals surface area contributed by atoms with Crippen LogP contribution in [0.4, 0.5) is 0 Å². The minimum absolute atomic E-state index is 0.0587. The number of rotatable bonds is 4. The summed E-state index contributed by atoms with van der Waals surface area (Å²) in [6.07, 6.45) is 1.44. The maximum atomic E-state index is 12.5. The summed E-state index contributed by atoms with van der Waals surface area (Å²) in [6, 6.07) is 5.71. The standard InChI is InChI=1S/C14H20N2O4S/c1-11(17)15-10-12-5-7-16(8-6-12)21(19,20)14-4-2-3-13(18)9-14/h2-4,9,12,18H,5-8,10H2,1H3,(H,15,17). The fourth-order valence-corrected chi connectivity index (χ4v) is 3.94. The summed E-state index contributed by atoms with van der Waals surface area (Å²) in [4.78, 5) is 11.0. The molecule has 1 aromatic carbocycles. The number of benzene rings is 1. The van der Waals surface area contributed by atoms with Crippen LogP contribution in [-0.4, -0.2) is 43.4 Å². The summed E-state index contributed by atoms with van der Waals surface area (Å²) in [7, 11) is -3.55. The van der Waals surface area contributed by atoms with E-state index in [4.69, 9.17) is 0 Å². The Morgan fingerprint density at radius 3 is 2.62 bits per heavy atom. The van der Waals surface area contributed by atoms with Gasteiger partial charge in [-0.25, -0.2) is 8.42 Å². The average Bonchev–Trinajstić information content (AvgIpc) is 2.45. The zero-order valence-corrected chi connectivity index (χ0v) is 12.8. The molecule has 2 rings (SSSR count). The van der Waals surface area contributed by atoms with Crippen molar-refractivity contribution < 1.29 is 18.3 Å². The molecule has 0 bridgehead atoms. The molecule has 21 heavy (non-hydrogen) atoms. The molecule has 1 fully saturated rings. The quantitative estimate of drug-likeness (QED) is 0.866. The van der Waals surface area contributed by atoms with Crippen molar-refractivity contribution in [3.63, 3.8) is 0 Å². The lowest BCUT2D eigenvalue weighted by molar-refractivity contribution is -0.119. The number of phenols is 1. The van der Waals surface area contributed by atoms with E-state index < -0.39 is 10.0 Å². The third kappa shape index (κ3) is 3.95. The van der Waals surface area contributed by atoms with Crippen LogP contribution in [0.5, 0.6) is 5.75 Å². The van der Waals surface area contributed by atoms with Crippen molar-refractivity contribution in [3.05, 3.63) is 24.3 Å². The topological polar surface area (TPSA) is 86.7 Å². The van der Waals surface area contributed by atoms with Crippen LogP contribution in [-0.2, 0) is 14.8 Å². The van der Waals surface area contributed by atoms with Gasteiger partial charge < -0.3 is 10.4 Å². The summed E-state index contributed by atoms with van der Waals surface area (Å²) in [5, 5.41) is 12.2. The highest BCUT2D eigenvalue weighted by Gasteiger charge is 2.29. The van der Waals surface area contributed by atoms with Gasteiger partial charge in [0.25, 0.3) is 0 Å². The van der Waals surface area contributed by atoms with Gasteiger partial charge in [0.15, 0.2) is 0 Å². The fraction of sp³-hybridized carbons (Fsp3) is 0.500. The Balaban J connectivity index is 1.99. The van der Waals surface area contributed by atoms with Crippen LogP contribution in [0.3, 0.4) is 0 Å². The first-order valence-corrected chi connectivity index (χ1v) is 8.37. The van der Waals surface area contributed by atoms with Gasteiger partial charge in [-0.3, -0.25) is 4.79 Å². The largest absolute Gasteiger partial charge is 0.508 e. The van der Waals surface area contributed by atoms with Crippen LogP contribution in [0, 0.1) is 5.92 Å². The summed E-state index contributed by atoms with van der Waals surface area (Å²) < 4.78 is 26.4. The first kappa shape index (κ1) is 15.8. The number of phenolic OH excluding ortho intramolecular Hbond substituents is 1. The Morgan fingerprint density at radius 2 is 2.05 bits per heavy atom. The Morgan fingerprint density at radius 1 is 1.38 bits per heavy atom. The van der Waals surface area contributed by atoms with Crippen molar-refractivity contribution in [2.75, 3.05) is 19.6 Å². The van der Waals surface area contributed by atoms with Crippen LogP contribution in [0.1, 0.15) is 19.8 Å². The highest BCUT2D eigenvalue weighted by atomic mass is 32.2. The highest BCUT2D eigenvalue weighted by Crippen LogP contribution is 2.25. The molecule has 0 unspecified atom stereocenters. The number of sulfonamides is 1. The van der Waals surface area contributed by atoms with Crippen molar-refractivity contribution in [1.29, 1.82) is 0 Å². The van der Waals surface area contributed by atoms with E-state index in [1.54, 1.807) is 0 Å². The molecule has 7 heteroatoms. The Labute approximate surface area is 124 Å². The number of hydrogen-bond acceptors (Lipinski definition) is 4. The number of aromatic hydroxyl groups is 1. The summed E-state index contributed by atoms with van der Waals surface area (Å²) >= 11 is 0. The first-order valence-electron chi connectivity index (χ1n) is 6.93. The molecule has 0 saturated carbocycles. The van der Waals surface area contributed by atoms with Gasteiger partial charge in [-0.1, -0.05) is 6.07 Å². The highest BCUT2D eigenvalue weighted by molar-refractivity contribution is 7.89. The minimum Gasteiger partial charge on any atom is -0.508 e. The Bertz CT molecular complexity index is 607. The molecule has 1 aromatic rings. The Hall–Kier alpha value is -1.60. The molecule has 116 valence electrons. The number of carbonyl (C=O) groups is 1. The van der Waals surface area contributed by atoms with Crippen LogP contribution >= 0.6 is 0 Å². The molecule has 2 N–H and O–H groups in total. The lowest BCUT2D eigenvalue weighted by Gasteiger charge is -2.31. The molecule has 0 spiro atoms. The van der Waals surface area contributed by atoms with Gasteiger partial charge >= 0.3 is 0 Å².